The first kappa shape index (κ1) is 22.4. The highest BCUT2D eigenvalue weighted by molar-refractivity contribution is 6.16. The Morgan fingerprint density at radius 1 is 1.10 bits per heavy atom. The lowest BCUT2D eigenvalue weighted by molar-refractivity contribution is 0.0990. The molecule has 2 aromatic rings. The number of aromatic hydroxyl groups is 1. The quantitative estimate of drug-likeness (QED) is 0.389. The number of carbonyl (C=O) groups excluding carboxylic acids is 3. The third-order valence-electron chi connectivity index (χ3n) is 5.54. The number of phenolic OH excluding ortho intramolecular Hbond substituents is 1. The van der Waals surface area contributed by atoms with Gasteiger partial charge in [-0.15, -0.1) is 0 Å². The van der Waals surface area contributed by atoms with Gasteiger partial charge in [0.15, 0.2) is 11.6 Å². The molecule has 0 bridgehead atoms. The molecule has 6 nitrogen and oxygen atoms in total. The third kappa shape index (κ3) is 5.27. The number of phenols is 1. The van der Waals surface area contributed by atoms with Gasteiger partial charge in [0.05, 0.1) is 18.2 Å². The second-order valence-corrected chi connectivity index (χ2v) is 7.70. The molecule has 0 spiro atoms. The van der Waals surface area contributed by atoms with Crippen LogP contribution in [0.3, 0.4) is 0 Å². The van der Waals surface area contributed by atoms with Crippen molar-refractivity contribution in [2.24, 2.45) is 0 Å². The smallest absolute Gasteiger partial charge is 0.190 e. The van der Waals surface area contributed by atoms with Gasteiger partial charge >= 0.3 is 0 Å². The Bertz CT molecular complexity index is 1000. The zero-order chi connectivity index (χ0) is 22.4. The van der Waals surface area contributed by atoms with Gasteiger partial charge in [-0.3, -0.25) is 19.3 Å². The number of rotatable bonds is 8. The Morgan fingerprint density at radius 2 is 1.74 bits per heavy atom. The maximum atomic E-state index is 13.0. The summed E-state index contributed by atoms with van der Waals surface area (Å²) >= 11 is 0. The van der Waals surface area contributed by atoms with E-state index in [1.165, 1.54) is 26.5 Å². The summed E-state index contributed by atoms with van der Waals surface area (Å²) in [6.07, 6.45) is 7.03. The van der Waals surface area contributed by atoms with E-state index in [2.05, 4.69) is 4.90 Å². The van der Waals surface area contributed by atoms with Crippen molar-refractivity contribution in [1.82, 2.24) is 4.90 Å². The van der Waals surface area contributed by atoms with Crippen molar-refractivity contribution < 1.29 is 24.2 Å². The van der Waals surface area contributed by atoms with Crippen molar-refractivity contribution in [1.29, 1.82) is 0 Å². The highest BCUT2D eigenvalue weighted by atomic mass is 16.5. The SMILES string of the molecule is COc1cc(C(C)=O)c(C(=O)C=Cc2ccc(C=O)cc2)c(O)c1CN1CCCCC1. The van der Waals surface area contributed by atoms with Crippen LogP contribution in [-0.4, -0.2) is 48.1 Å². The lowest BCUT2D eigenvalue weighted by Crippen LogP contribution is -2.29. The van der Waals surface area contributed by atoms with Crippen LogP contribution in [0.2, 0.25) is 0 Å². The summed E-state index contributed by atoms with van der Waals surface area (Å²) in [4.78, 5) is 38.3. The van der Waals surface area contributed by atoms with Crippen LogP contribution < -0.4 is 4.74 Å². The second-order valence-electron chi connectivity index (χ2n) is 7.70. The van der Waals surface area contributed by atoms with Gasteiger partial charge < -0.3 is 9.84 Å². The van der Waals surface area contributed by atoms with E-state index < -0.39 is 5.78 Å². The van der Waals surface area contributed by atoms with Crippen molar-refractivity contribution in [2.75, 3.05) is 20.2 Å². The van der Waals surface area contributed by atoms with Crippen LogP contribution >= 0.6 is 0 Å². The molecule has 0 atom stereocenters. The molecule has 1 aliphatic rings. The van der Waals surface area contributed by atoms with E-state index in [9.17, 15) is 19.5 Å². The van der Waals surface area contributed by atoms with Crippen LogP contribution in [0.4, 0.5) is 0 Å². The molecule has 6 heteroatoms. The summed E-state index contributed by atoms with van der Waals surface area (Å²) in [5, 5.41) is 11.0. The summed E-state index contributed by atoms with van der Waals surface area (Å²) in [5.74, 6) is -0.603. The first-order valence-electron chi connectivity index (χ1n) is 10.4. The number of likely N-dealkylation sites (tertiary alicyclic amines) is 1. The molecule has 1 fully saturated rings. The number of hydrogen-bond donors (Lipinski definition) is 1. The van der Waals surface area contributed by atoms with Gasteiger partial charge in [0.1, 0.15) is 17.8 Å². The Kier molecular flexibility index (Phi) is 7.36. The summed E-state index contributed by atoms with van der Waals surface area (Å²) in [7, 11) is 1.49. The number of carbonyl (C=O) groups is 3. The summed E-state index contributed by atoms with van der Waals surface area (Å²) in [6.45, 7) is 3.63. The lowest BCUT2D eigenvalue weighted by atomic mass is 9.94. The molecule has 1 heterocycles. The van der Waals surface area contributed by atoms with Gasteiger partial charge in [0, 0.05) is 17.7 Å². The van der Waals surface area contributed by atoms with Crippen LogP contribution in [0.1, 0.15) is 68.4 Å². The largest absolute Gasteiger partial charge is 0.507 e. The second kappa shape index (κ2) is 10.2. The molecule has 1 N–H and O–H groups in total. The fourth-order valence-electron chi connectivity index (χ4n) is 3.83. The molecule has 162 valence electrons. The first-order valence-corrected chi connectivity index (χ1v) is 10.4. The van der Waals surface area contributed by atoms with E-state index in [-0.39, 0.29) is 22.7 Å². The van der Waals surface area contributed by atoms with Crippen LogP contribution in [0.5, 0.6) is 11.5 Å². The third-order valence-corrected chi connectivity index (χ3v) is 5.54. The molecule has 0 amide bonds. The van der Waals surface area contributed by atoms with E-state index in [0.29, 0.717) is 23.4 Å². The zero-order valence-corrected chi connectivity index (χ0v) is 17.9. The van der Waals surface area contributed by atoms with Gasteiger partial charge in [0.25, 0.3) is 0 Å². The number of aldehydes is 1. The standard InChI is InChI=1S/C25H27NO5/c1-17(28)20-14-23(31-2)21(15-26-12-4-3-5-13-26)25(30)24(20)22(29)11-10-18-6-8-19(16-27)9-7-18/h6-11,14,16,30H,3-5,12-13,15H2,1-2H3. The Morgan fingerprint density at radius 3 is 2.32 bits per heavy atom. The van der Waals surface area contributed by atoms with Crippen molar-refractivity contribution in [3.8, 4) is 11.5 Å². The van der Waals surface area contributed by atoms with Crippen LogP contribution in [-0.2, 0) is 6.54 Å². The van der Waals surface area contributed by atoms with E-state index in [0.717, 1.165) is 37.8 Å². The number of Topliss-reactive ketones (excluding diaryl/α,β-unsaturated/α-hetero) is 1. The molecule has 1 saturated heterocycles. The van der Waals surface area contributed by atoms with E-state index in [4.69, 9.17) is 4.74 Å². The normalized spacial score (nSPS) is 14.5. The summed E-state index contributed by atoms with van der Waals surface area (Å²) in [5.41, 5.74) is 1.90. The lowest BCUT2D eigenvalue weighted by Gasteiger charge is -2.28. The molecular formula is C25H27NO5. The number of allylic oxidation sites excluding steroid dienone is 1. The van der Waals surface area contributed by atoms with Crippen molar-refractivity contribution in [3.63, 3.8) is 0 Å². The summed E-state index contributed by atoms with van der Waals surface area (Å²) in [6, 6.07) is 8.28. The van der Waals surface area contributed by atoms with Gasteiger partial charge in [-0.2, -0.15) is 0 Å². The first-order chi connectivity index (χ1) is 14.9. The molecule has 2 aromatic carbocycles. The fraction of sp³-hybridized carbons (Fsp3) is 0.320. The summed E-state index contributed by atoms with van der Waals surface area (Å²) < 4.78 is 5.45. The van der Waals surface area contributed by atoms with E-state index in [1.54, 1.807) is 36.4 Å². The molecule has 0 unspecified atom stereocenters. The number of ketones is 2. The number of methoxy groups -OCH3 is 1. The maximum Gasteiger partial charge on any atom is 0.190 e. The number of piperidine rings is 1. The molecule has 0 aromatic heterocycles. The average Bonchev–Trinajstić information content (AvgIpc) is 2.79. The van der Waals surface area contributed by atoms with Crippen molar-refractivity contribution in [3.05, 3.63) is 64.2 Å². The minimum atomic E-state index is -0.468. The number of nitrogens with zero attached hydrogens (tertiary/aromatic N) is 1. The maximum absolute atomic E-state index is 13.0. The highest BCUT2D eigenvalue weighted by Crippen LogP contribution is 2.36. The van der Waals surface area contributed by atoms with Crippen LogP contribution in [0, 0.1) is 0 Å². The minimum absolute atomic E-state index is 0.0129. The number of hydrogen-bond acceptors (Lipinski definition) is 6. The van der Waals surface area contributed by atoms with Crippen molar-refractivity contribution >= 4 is 23.9 Å². The van der Waals surface area contributed by atoms with E-state index >= 15 is 0 Å². The highest BCUT2D eigenvalue weighted by Gasteiger charge is 2.25. The van der Waals surface area contributed by atoms with Crippen molar-refractivity contribution in [2.45, 2.75) is 32.7 Å². The number of ether oxygens (including phenoxy) is 1. The average molecular weight is 421 g/mol. The monoisotopic (exact) mass is 421 g/mol. The molecule has 31 heavy (non-hydrogen) atoms. The molecular weight excluding hydrogens is 394 g/mol. The van der Waals surface area contributed by atoms with Gasteiger partial charge in [-0.1, -0.05) is 36.8 Å². The predicted molar refractivity (Wildman–Crippen MR) is 119 cm³/mol. The van der Waals surface area contributed by atoms with E-state index in [1.807, 2.05) is 0 Å². The molecule has 0 aliphatic carbocycles. The van der Waals surface area contributed by atoms with Gasteiger partial charge in [-0.05, 0) is 50.6 Å². The predicted octanol–water partition coefficient (Wildman–Crippen LogP) is 4.30. The molecule has 0 saturated carbocycles. The fourth-order valence-corrected chi connectivity index (χ4v) is 3.83. The topological polar surface area (TPSA) is 83.9 Å². The molecule has 0 radical (unpaired) electrons. The van der Waals surface area contributed by atoms with Gasteiger partial charge in [0.2, 0.25) is 0 Å². The van der Waals surface area contributed by atoms with Crippen LogP contribution in [0.15, 0.2) is 36.4 Å². The molecule has 3 rings (SSSR count). The Hall–Kier alpha value is -3.25. The van der Waals surface area contributed by atoms with Crippen LogP contribution in [0.25, 0.3) is 6.08 Å². The minimum Gasteiger partial charge on any atom is -0.507 e. The molecule has 1 aliphatic heterocycles. The zero-order valence-electron chi connectivity index (χ0n) is 17.9. The Balaban J connectivity index is 1.98. The van der Waals surface area contributed by atoms with Gasteiger partial charge in [-0.25, -0.2) is 0 Å². The Labute approximate surface area is 182 Å². The number of benzene rings is 2.